The van der Waals surface area contributed by atoms with Crippen molar-refractivity contribution in [1.29, 1.82) is 0 Å². The second-order valence-corrected chi connectivity index (χ2v) is 8.50. The Bertz CT molecular complexity index is 1020. The van der Waals surface area contributed by atoms with Crippen LogP contribution in [0.5, 0.6) is 5.75 Å². The highest BCUT2D eigenvalue weighted by atomic mass is 16.7. The third kappa shape index (κ3) is 8.26. The van der Waals surface area contributed by atoms with Crippen LogP contribution in [0.1, 0.15) is 35.6 Å². The molecule has 0 radical (unpaired) electrons. The Hall–Kier alpha value is -3.65. The summed E-state index contributed by atoms with van der Waals surface area (Å²) in [5.74, 6) is -0.582. The molecule has 0 spiro atoms. The zero-order chi connectivity index (χ0) is 26.0. The van der Waals surface area contributed by atoms with Gasteiger partial charge in [-0.15, -0.1) is 0 Å². The molecule has 0 saturated carbocycles. The van der Waals surface area contributed by atoms with E-state index in [0.717, 1.165) is 28.7 Å². The van der Waals surface area contributed by atoms with Gasteiger partial charge in [-0.2, -0.15) is 0 Å². The zero-order valence-corrected chi connectivity index (χ0v) is 20.7. The summed E-state index contributed by atoms with van der Waals surface area (Å²) < 4.78 is 10.0. The van der Waals surface area contributed by atoms with Gasteiger partial charge in [0.05, 0.1) is 6.04 Å². The number of aryl methyl sites for hydroxylation is 3. The van der Waals surface area contributed by atoms with Crippen LogP contribution in [0, 0.1) is 13.8 Å². The Labute approximate surface area is 206 Å². The molecule has 2 aromatic rings. The number of hydrogen-bond donors (Lipinski definition) is 2. The number of carbonyl (C=O) groups excluding carboxylic acids is 3. The van der Waals surface area contributed by atoms with E-state index in [1.165, 1.54) is 11.0 Å². The van der Waals surface area contributed by atoms with Gasteiger partial charge in [-0.05, 0) is 74.4 Å². The highest BCUT2D eigenvalue weighted by Crippen LogP contribution is 2.24. The summed E-state index contributed by atoms with van der Waals surface area (Å²) in [6.45, 7) is 9.22. The summed E-state index contributed by atoms with van der Waals surface area (Å²) in [6.07, 6.45) is 2.32. The van der Waals surface area contributed by atoms with Crippen molar-refractivity contribution in [2.75, 3.05) is 13.2 Å². The molecule has 0 aliphatic carbocycles. The van der Waals surface area contributed by atoms with E-state index in [2.05, 4.69) is 6.58 Å². The Morgan fingerprint density at radius 1 is 1.11 bits per heavy atom. The van der Waals surface area contributed by atoms with Crippen LogP contribution in [-0.2, 0) is 27.2 Å². The van der Waals surface area contributed by atoms with Gasteiger partial charge in [-0.25, -0.2) is 4.79 Å². The molecule has 0 aliphatic heterocycles. The number of rotatable bonds is 12. The van der Waals surface area contributed by atoms with Crippen LogP contribution in [0.15, 0.2) is 55.1 Å². The fraction of sp³-hybridized carbons (Fsp3) is 0.370. The minimum atomic E-state index is -0.866. The lowest BCUT2D eigenvalue weighted by Gasteiger charge is -2.30. The lowest BCUT2D eigenvalue weighted by Crippen LogP contribution is -2.53. The number of primary amides is 1. The van der Waals surface area contributed by atoms with E-state index < -0.39 is 24.1 Å². The molecule has 2 aromatic carbocycles. The summed E-state index contributed by atoms with van der Waals surface area (Å²) in [5.41, 5.74) is 15.5. The SMILES string of the molecule is C=CCOC(=O)Oc1cc(C)c(C[C@H](N)C(=O)N(CCCc2ccccc2)[C@H](C)C(N)=O)c(C)c1. The van der Waals surface area contributed by atoms with Crippen molar-refractivity contribution in [3.8, 4) is 5.75 Å². The van der Waals surface area contributed by atoms with Gasteiger partial charge in [-0.3, -0.25) is 9.59 Å². The van der Waals surface area contributed by atoms with Gasteiger partial charge in [0.2, 0.25) is 11.8 Å². The molecule has 2 rings (SSSR count). The van der Waals surface area contributed by atoms with E-state index in [-0.39, 0.29) is 18.9 Å². The molecule has 0 saturated heterocycles. The quantitative estimate of drug-likeness (QED) is 0.272. The zero-order valence-electron chi connectivity index (χ0n) is 20.7. The van der Waals surface area contributed by atoms with Crippen LogP contribution in [-0.4, -0.2) is 48.1 Å². The summed E-state index contributed by atoms with van der Waals surface area (Å²) in [7, 11) is 0. The standard InChI is InChI=1S/C27H35N3O5/c1-5-14-34-27(33)35-22-15-18(2)23(19(3)16-22)17-24(28)26(32)30(20(4)25(29)31)13-9-12-21-10-7-6-8-11-21/h5-8,10-11,15-16,20,24H,1,9,12-14,17,28H2,2-4H3,(H2,29,31)/t20-,24+/m1/s1. The predicted molar refractivity (Wildman–Crippen MR) is 135 cm³/mol. The van der Waals surface area contributed by atoms with Crippen molar-refractivity contribution in [2.45, 2.75) is 52.1 Å². The molecule has 8 nitrogen and oxygen atoms in total. The number of benzene rings is 2. The number of hydrogen-bond acceptors (Lipinski definition) is 6. The molecule has 4 N–H and O–H groups in total. The second kappa shape index (κ2) is 13.3. The molecular formula is C27H35N3O5. The molecule has 35 heavy (non-hydrogen) atoms. The lowest BCUT2D eigenvalue weighted by molar-refractivity contribution is -0.139. The van der Waals surface area contributed by atoms with E-state index >= 15 is 0 Å². The van der Waals surface area contributed by atoms with Crippen LogP contribution >= 0.6 is 0 Å². The van der Waals surface area contributed by atoms with Gasteiger partial charge >= 0.3 is 6.16 Å². The van der Waals surface area contributed by atoms with E-state index in [1.807, 2.05) is 44.2 Å². The topological polar surface area (TPSA) is 125 Å². The van der Waals surface area contributed by atoms with Crippen molar-refractivity contribution in [3.05, 3.63) is 77.4 Å². The normalized spacial score (nSPS) is 12.3. The molecule has 188 valence electrons. The van der Waals surface area contributed by atoms with Crippen molar-refractivity contribution in [3.63, 3.8) is 0 Å². The first-order valence-electron chi connectivity index (χ1n) is 11.6. The molecule has 8 heteroatoms. The summed E-state index contributed by atoms with van der Waals surface area (Å²) >= 11 is 0. The van der Waals surface area contributed by atoms with Crippen molar-refractivity contribution < 1.29 is 23.9 Å². The molecular weight excluding hydrogens is 446 g/mol. The third-order valence-corrected chi connectivity index (χ3v) is 5.80. The molecule has 0 aromatic heterocycles. The molecule has 0 fully saturated rings. The molecule has 0 unspecified atom stereocenters. The van der Waals surface area contributed by atoms with Gasteiger partial charge in [0, 0.05) is 6.54 Å². The summed E-state index contributed by atoms with van der Waals surface area (Å²) in [6, 6.07) is 11.7. The minimum absolute atomic E-state index is 0.0530. The van der Waals surface area contributed by atoms with Gasteiger partial charge < -0.3 is 25.8 Å². The van der Waals surface area contributed by atoms with Crippen LogP contribution in [0.4, 0.5) is 4.79 Å². The smallest absolute Gasteiger partial charge is 0.430 e. The number of ether oxygens (including phenoxy) is 2. The number of amides is 2. The summed E-state index contributed by atoms with van der Waals surface area (Å²) in [5, 5.41) is 0. The summed E-state index contributed by atoms with van der Waals surface area (Å²) in [4.78, 5) is 38.3. The first-order valence-corrected chi connectivity index (χ1v) is 11.6. The highest BCUT2D eigenvalue weighted by molar-refractivity contribution is 5.89. The Kier molecular flexibility index (Phi) is 10.5. The molecule has 2 amide bonds. The fourth-order valence-corrected chi connectivity index (χ4v) is 3.85. The first-order chi connectivity index (χ1) is 16.6. The maximum absolute atomic E-state index is 13.3. The average molecular weight is 482 g/mol. The van der Waals surface area contributed by atoms with Crippen LogP contribution in [0.2, 0.25) is 0 Å². The molecule has 0 aliphatic rings. The Morgan fingerprint density at radius 2 is 1.74 bits per heavy atom. The van der Waals surface area contributed by atoms with Crippen LogP contribution < -0.4 is 16.2 Å². The predicted octanol–water partition coefficient (Wildman–Crippen LogP) is 3.21. The maximum atomic E-state index is 13.3. The molecule has 0 heterocycles. The van der Waals surface area contributed by atoms with Crippen molar-refractivity contribution in [1.82, 2.24) is 4.90 Å². The van der Waals surface area contributed by atoms with E-state index in [0.29, 0.717) is 18.7 Å². The largest absolute Gasteiger partial charge is 0.514 e. The van der Waals surface area contributed by atoms with Crippen LogP contribution in [0.3, 0.4) is 0 Å². The highest BCUT2D eigenvalue weighted by Gasteiger charge is 2.28. The first kappa shape index (κ1) is 27.6. The third-order valence-electron chi connectivity index (χ3n) is 5.80. The van der Waals surface area contributed by atoms with E-state index in [9.17, 15) is 14.4 Å². The second-order valence-electron chi connectivity index (χ2n) is 8.50. The van der Waals surface area contributed by atoms with Gasteiger partial charge in [0.25, 0.3) is 0 Å². The minimum Gasteiger partial charge on any atom is -0.430 e. The lowest BCUT2D eigenvalue weighted by atomic mass is 9.95. The van der Waals surface area contributed by atoms with Gasteiger partial charge in [0.15, 0.2) is 0 Å². The monoisotopic (exact) mass is 481 g/mol. The van der Waals surface area contributed by atoms with E-state index in [1.54, 1.807) is 19.1 Å². The Balaban J connectivity index is 2.10. The fourth-order valence-electron chi connectivity index (χ4n) is 3.85. The number of nitrogens with two attached hydrogens (primary N) is 2. The molecule has 0 bridgehead atoms. The number of nitrogens with zero attached hydrogens (tertiary/aromatic N) is 1. The van der Waals surface area contributed by atoms with Crippen molar-refractivity contribution in [2.24, 2.45) is 11.5 Å². The van der Waals surface area contributed by atoms with Gasteiger partial charge in [-0.1, -0.05) is 43.0 Å². The van der Waals surface area contributed by atoms with Crippen LogP contribution in [0.25, 0.3) is 0 Å². The number of carbonyl (C=O) groups is 3. The maximum Gasteiger partial charge on any atom is 0.514 e. The van der Waals surface area contributed by atoms with Gasteiger partial charge in [0.1, 0.15) is 18.4 Å². The van der Waals surface area contributed by atoms with Crippen molar-refractivity contribution >= 4 is 18.0 Å². The Morgan fingerprint density at radius 3 is 2.31 bits per heavy atom. The average Bonchev–Trinajstić information content (AvgIpc) is 2.82. The van der Waals surface area contributed by atoms with E-state index in [4.69, 9.17) is 20.9 Å². The molecule has 2 atom stereocenters.